The fourth-order valence-corrected chi connectivity index (χ4v) is 2.79. The van der Waals surface area contributed by atoms with Crippen LogP contribution in [-0.4, -0.2) is 19.8 Å². The SMILES string of the molecule is CCCC1(c2cc(C)cc(C)c2OCC)OCCO1. The highest BCUT2D eigenvalue weighted by molar-refractivity contribution is 5.46. The molecule has 1 fully saturated rings. The molecule has 0 aromatic heterocycles. The molecule has 0 unspecified atom stereocenters. The lowest BCUT2D eigenvalue weighted by atomic mass is 9.95. The summed E-state index contributed by atoms with van der Waals surface area (Å²) in [6, 6.07) is 4.28. The molecule has 0 atom stereocenters. The van der Waals surface area contributed by atoms with Crippen molar-refractivity contribution < 1.29 is 14.2 Å². The van der Waals surface area contributed by atoms with Gasteiger partial charge in [-0.15, -0.1) is 0 Å². The Kier molecular flexibility index (Phi) is 4.48. The summed E-state index contributed by atoms with van der Waals surface area (Å²) >= 11 is 0. The van der Waals surface area contributed by atoms with Gasteiger partial charge in [0.05, 0.1) is 25.4 Å². The molecular weight excluding hydrogens is 240 g/mol. The van der Waals surface area contributed by atoms with E-state index in [0.717, 1.165) is 29.7 Å². The second-order valence-corrected chi connectivity index (χ2v) is 5.09. The minimum atomic E-state index is -0.615. The highest BCUT2D eigenvalue weighted by Crippen LogP contribution is 2.42. The molecule has 1 aromatic carbocycles. The third-order valence-corrected chi connectivity index (χ3v) is 3.45. The van der Waals surface area contributed by atoms with Crippen LogP contribution in [0.1, 0.15) is 43.4 Å². The van der Waals surface area contributed by atoms with Crippen LogP contribution in [0.2, 0.25) is 0 Å². The summed E-state index contributed by atoms with van der Waals surface area (Å²) in [6.07, 6.45) is 1.87. The highest BCUT2D eigenvalue weighted by Gasteiger charge is 2.40. The van der Waals surface area contributed by atoms with E-state index in [-0.39, 0.29) is 0 Å². The van der Waals surface area contributed by atoms with E-state index < -0.39 is 5.79 Å². The molecule has 1 aliphatic heterocycles. The molecule has 2 rings (SSSR count). The van der Waals surface area contributed by atoms with E-state index in [1.807, 2.05) is 6.92 Å². The number of hydrogen-bond acceptors (Lipinski definition) is 3. The minimum Gasteiger partial charge on any atom is -0.493 e. The van der Waals surface area contributed by atoms with E-state index in [9.17, 15) is 0 Å². The highest BCUT2D eigenvalue weighted by atomic mass is 16.7. The molecule has 0 spiro atoms. The number of aryl methyl sites for hydroxylation is 2. The average molecular weight is 264 g/mol. The van der Waals surface area contributed by atoms with Gasteiger partial charge in [-0.25, -0.2) is 0 Å². The van der Waals surface area contributed by atoms with Crippen LogP contribution in [0.3, 0.4) is 0 Å². The first-order chi connectivity index (χ1) is 9.13. The van der Waals surface area contributed by atoms with Gasteiger partial charge in [0.25, 0.3) is 0 Å². The molecule has 1 heterocycles. The molecule has 0 aliphatic carbocycles. The van der Waals surface area contributed by atoms with E-state index in [1.54, 1.807) is 0 Å². The third-order valence-electron chi connectivity index (χ3n) is 3.45. The lowest BCUT2D eigenvalue weighted by Gasteiger charge is -2.30. The maximum Gasteiger partial charge on any atom is 0.198 e. The van der Waals surface area contributed by atoms with Crippen LogP contribution in [0.15, 0.2) is 12.1 Å². The topological polar surface area (TPSA) is 27.7 Å². The lowest BCUT2D eigenvalue weighted by Crippen LogP contribution is -2.28. The summed E-state index contributed by atoms with van der Waals surface area (Å²) in [5, 5.41) is 0. The van der Waals surface area contributed by atoms with E-state index in [0.29, 0.717) is 19.8 Å². The smallest absolute Gasteiger partial charge is 0.198 e. The quantitative estimate of drug-likeness (QED) is 0.811. The van der Waals surface area contributed by atoms with E-state index in [4.69, 9.17) is 14.2 Å². The zero-order chi connectivity index (χ0) is 13.9. The molecule has 1 aliphatic rings. The van der Waals surface area contributed by atoms with Gasteiger partial charge in [0, 0.05) is 6.42 Å². The van der Waals surface area contributed by atoms with Gasteiger partial charge >= 0.3 is 0 Å². The van der Waals surface area contributed by atoms with Crippen molar-refractivity contribution in [3.05, 3.63) is 28.8 Å². The molecule has 3 nitrogen and oxygen atoms in total. The normalized spacial score (nSPS) is 17.7. The largest absolute Gasteiger partial charge is 0.493 e. The molecule has 19 heavy (non-hydrogen) atoms. The van der Waals surface area contributed by atoms with Crippen LogP contribution in [0.25, 0.3) is 0 Å². The van der Waals surface area contributed by atoms with Crippen LogP contribution in [-0.2, 0) is 15.3 Å². The van der Waals surface area contributed by atoms with Crippen molar-refractivity contribution in [1.82, 2.24) is 0 Å². The van der Waals surface area contributed by atoms with Crippen molar-refractivity contribution in [2.75, 3.05) is 19.8 Å². The first-order valence-electron chi connectivity index (χ1n) is 7.15. The maximum atomic E-state index is 5.96. The van der Waals surface area contributed by atoms with Crippen molar-refractivity contribution in [2.45, 2.75) is 46.3 Å². The number of ether oxygens (including phenoxy) is 3. The lowest BCUT2D eigenvalue weighted by molar-refractivity contribution is -0.172. The molecule has 1 aromatic rings. The Morgan fingerprint density at radius 1 is 1.16 bits per heavy atom. The van der Waals surface area contributed by atoms with Gasteiger partial charge in [-0.05, 0) is 32.4 Å². The van der Waals surface area contributed by atoms with Crippen LogP contribution in [0.4, 0.5) is 0 Å². The van der Waals surface area contributed by atoms with E-state index in [1.165, 1.54) is 5.56 Å². The Morgan fingerprint density at radius 3 is 2.42 bits per heavy atom. The Morgan fingerprint density at radius 2 is 1.84 bits per heavy atom. The molecule has 0 saturated carbocycles. The van der Waals surface area contributed by atoms with Gasteiger partial charge < -0.3 is 14.2 Å². The Balaban J connectivity index is 2.51. The van der Waals surface area contributed by atoms with Crippen molar-refractivity contribution in [2.24, 2.45) is 0 Å². The van der Waals surface area contributed by atoms with E-state index >= 15 is 0 Å². The zero-order valence-electron chi connectivity index (χ0n) is 12.4. The van der Waals surface area contributed by atoms with Crippen LogP contribution < -0.4 is 4.74 Å². The summed E-state index contributed by atoms with van der Waals surface area (Å²) in [7, 11) is 0. The van der Waals surface area contributed by atoms with Crippen molar-refractivity contribution in [1.29, 1.82) is 0 Å². The molecular formula is C16H24O3. The third kappa shape index (κ3) is 2.77. The predicted octanol–water partition coefficient (Wildman–Crippen LogP) is 3.70. The van der Waals surface area contributed by atoms with Gasteiger partial charge in [0.2, 0.25) is 0 Å². The second-order valence-electron chi connectivity index (χ2n) is 5.09. The first kappa shape index (κ1) is 14.4. The molecule has 0 amide bonds. The Hall–Kier alpha value is -1.06. The fourth-order valence-electron chi connectivity index (χ4n) is 2.79. The van der Waals surface area contributed by atoms with Gasteiger partial charge in [0.1, 0.15) is 5.75 Å². The number of hydrogen-bond donors (Lipinski definition) is 0. The molecule has 0 radical (unpaired) electrons. The molecule has 0 N–H and O–H groups in total. The Bertz CT molecular complexity index is 434. The molecule has 0 bridgehead atoms. The van der Waals surface area contributed by atoms with Crippen LogP contribution in [0, 0.1) is 13.8 Å². The van der Waals surface area contributed by atoms with Gasteiger partial charge in [-0.2, -0.15) is 0 Å². The standard InChI is InChI=1S/C16H24O3/c1-5-7-16(18-8-9-19-16)14-11-12(3)10-13(4)15(14)17-6-2/h10-11H,5-9H2,1-4H3. The van der Waals surface area contributed by atoms with Crippen molar-refractivity contribution >= 4 is 0 Å². The maximum absolute atomic E-state index is 5.96. The van der Waals surface area contributed by atoms with Crippen molar-refractivity contribution in [3.8, 4) is 5.75 Å². The van der Waals surface area contributed by atoms with Crippen LogP contribution >= 0.6 is 0 Å². The summed E-state index contributed by atoms with van der Waals surface area (Å²) in [5.41, 5.74) is 3.41. The summed E-state index contributed by atoms with van der Waals surface area (Å²) in [6.45, 7) is 10.3. The minimum absolute atomic E-state index is 0.615. The zero-order valence-corrected chi connectivity index (χ0v) is 12.4. The average Bonchev–Trinajstić information content (AvgIpc) is 2.82. The molecule has 1 saturated heterocycles. The fraction of sp³-hybridized carbons (Fsp3) is 0.625. The van der Waals surface area contributed by atoms with Crippen LogP contribution in [0.5, 0.6) is 5.75 Å². The number of benzene rings is 1. The second kappa shape index (κ2) is 5.93. The predicted molar refractivity (Wildman–Crippen MR) is 75.6 cm³/mol. The van der Waals surface area contributed by atoms with Gasteiger partial charge in [0.15, 0.2) is 5.79 Å². The summed E-state index contributed by atoms with van der Waals surface area (Å²) < 4.78 is 17.8. The summed E-state index contributed by atoms with van der Waals surface area (Å²) in [4.78, 5) is 0. The summed E-state index contributed by atoms with van der Waals surface area (Å²) in [5.74, 6) is 0.305. The van der Waals surface area contributed by atoms with Gasteiger partial charge in [-0.1, -0.05) is 25.0 Å². The molecule has 3 heteroatoms. The molecule has 106 valence electrons. The van der Waals surface area contributed by atoms with Crippen molar-refractivity contribution in [3.63, 3.8) is 0 Å². The van der Waals surface area contributed by atoms with Gasteiger partial charge in [-0.3, -0.25) is 0 Å². The first-order valence-corrected chi connectivity index (χ1v) is 7.15. The van der Waals surface area contributed by atoms with E-state index in [2.05, 4.69) is 32.9 Å². The Labute approximate surface area is 115 Å². The number of rotatable bonds is 5. The monoisotopic (exact) mass is 264 g/mol.